The Morgan fingerprint density at radius 1 is 1.00 bits per heavy atom. The van der Waals surface area contributed by atoms with Gasteiger partial charge in [-0.15, -0.1) is 0 Å². The summed E-state index contributed by atoms with van der Waals surface area (Å²) in [6.45, 7) is 17.8. The highest BCUT2D eigenvalue weighted by atomic mass is 16.3. The normalized spacial score (nSPS) is 13.2. The van der Waals surface area contributed by atoms with Crippen molar-refractivity contribution in [1.82, 2.24) is 10.2 Å². The van der Waals surface area contributed by atoms with Gasteiger partial charge in [0.25, 0.3) is 0 Å². The van der Waals surface area contributed by atoms with Gasteiger partial charge in [-0.2, -0.15) is 0 Å². The second-order valence-corrected chi connectivity index (χ2v) is 7.16. The average molecular weight is 287 g/mol. The van der Waals surface area contributed by atoms with Crippen molar-refractivity contribution in [3.8, 4) is 0 Å². The van der Waals surface area contributed by atoms with Crippen molar-refractivity contribution in [1.29, 1.82) is 0 Å². The van der Waals surface area contributed by atoms with Gasteiger partial charge in [-0.3, -0.25) is 0 Å². The smallest absolute Gasteiger partial charge is 0.0558 e. The highest BCUT2D eigenvalue weighted by Gasteiger charge is 2.29. The summed E-state index contributed by atoms with van der Waals surface area (Å²) in [5.41, 5.74) is 0.483. The van der Waals surface area contributed by atoms with Crippen molar-refractivity contribution >= 4 is 0 Å². The Hall–Kier alpha value is -0.120. The Labute approximate surface area is 127 Å². The molecule has 0 aromatic heterocycles. The van der Waals surface area contributed by atoms with Crippen molar-refractivity contribution in [2.75, 3.05) is 32.8 Å². The molecule has 3 nitrogen and oxygen atoms in total. The monoisotopic (exact) mass is 286 g/mol. The first-order valence-corrected chi connectivity index (χ1v) is 8.40. The Bertz CT molecular complexity index is 232. The van der Waals surface area contributed by atoms with Crippen molar-refractivity contribution in [2.45, 2.75) is 72.8 Å². The van der Waals surface area contributed by atoms with E-state index in [1.807, 2.05) is 0 Å². The summed E-state index contributed by atoms with van der Waals surface area (Å²) in [5.74, 6) is 0. The number of aliphatic hydroxyl groups is 1. The van der Waals surface area contributed by atoms with E-state index in [2.05, 4.69) is 51.8 Å². The van der Waals surface area contributed by atoms with Crippen LogP contribution in [-0.2, 0) is 0 Å². The molecular formula is C17H38N2O. The lowest BCUT2D eigenvalue weighted by atomic mass is 9.81. The van der Waals surface area contributed by atoms with Crippen LogP contribution < -0.4 is 5.32 Å². The van der Waals surface area contributed by atoms with Crippen molar-refractivity contribution in [3.05, 3.63) is 0 Å². The van der Waals surface area contributed by atoms with E-state index in [0.29, 0.717) is 5.41 Å². The molecule has 0 aromatic rings. The number of hydrogen-bond acceptors (Lipinski definition) is 3. The summed E-state index contributed by atoms with van der Waals surface area (Å²) in [4.78, 5) is 2.45. The van der Waals surface area contributed by atoms with Gasteiger partial charge >= 0.3 is 0 Å². The molecule has 3 heteroatoms. The lowest BCUT2D eigenvalue weighted by molar-refractivity contribution is 0.106. The molecule has 0 unspecified atom stereocenters. The minimum atomic E-state index is 0.167. The largest absolute Gasteiger partial charge is 0.395 e. The summed E-state index contributed by atoms with van der Waals surface area (Å²) in [6.07, 6.45) is 4.80. The van der Waals surface area contributed by atoms with Gasteiger partial charge in [-0.25, -0.2) is 0 Å². The first kappa shape index (κ1) is 19.9. The molecule has 2 N–H and O–H groups in total. The highest BCUT2D eigenvalue weighted by Crippen LogP contribution is 2.28. The molecule has 0 radical (unpaired) electrons. The van der Waals surface area contributed by atoms with E-state index in [1.165, 1.54) is 25.7 Å². The lowest BCUT2D eigenvalue weighted by Crippen LogP contribution is -2.49. The lowest BCUT2D eigenvalue weighted by Gasteiger charge is -2.39. The molecule has 20 heavy (non-hydrogen) atoms. The van der Waals surface area contributed by atoms with Gasteiger partial charge in [0.05, 0.1) is 6.61 Å². The second kappa shape index (κ2) is 9.75. The molecule has 0 rings (SSSR count). The highest BCUT2D eigenvalue weighted by molar-refractivity contribution is 4.86. The predicted octanol–water partition coefficient (Wildman–Crippen LogP) is 3.28. The molecule has 0 aliphatic heterocycles. The maximum atomic E-state index is 9.28. The van der Waals surface area contributed by atoms with Gasteiger partial charge in [0, 0.05) is 25.2 Å². The predicted molar refractivity (Wildman–Crippen MR) is 89.2 cm³/mol. The summed E-state index contributed by atoms with van der Waals surface area (Å²) >= 11 is 0. The minimum Gasteiger partial charge on any atom is -0.395 e. The van der Waals surface area contributed by atoms with Crippen molar-refractivity contribution in [2.24, 2.45) is 5.41 Å². The van der Waals surface area contributed by atoms with E-state index in [-0.39, 0.29) is 12.1 Å². The van der Waals surface area contributed by atoms with Crippen LogP contribution in [0.15, 0.2) is 0 Å². The van der Waals surface area contributed by atoms with Crippen LogP contribution in [0.25, 0.3) is 0 Å². The zero-order valence-electron chi connectivity index (χ0n) is 14.8. The fourth-order valence-electron chi connectivity index (χ4n) is 2.50. The summed E-state index contributed by atoms with van der Waals surface area (Å²) in [6, 6.07) is 0. The summed E-state index contributed by atoms with van der Waals surface area (Å²) in [5, 5.41) is 13.0. The van der Waals surface area contributed by atoms with Gasteiger partial charge in [0.2, 0.25) is 0 Å². The first-order chi connectivity index (χ1) is 9.32. The zero-order valence-corrected chi connectivity index (χ0v) is 14.8. The average Bonchev–Trinajstić information content (AvgIpc) is 2.40. The van der Waals surface area contributed by atoms with Gasteiger partial charge in [-0.05, 0) is 52.0 Å². The van der Waals surface area contributed by atoms with Gasteiger partial charge in [-0.1, -0.05) is 27.2 Å². The molecule has 0 amide bonds. The third-order valence-electron chi connectivity index (χ3n) is 4.30. The number of rotatable bonds is 11. The van der Waals surface area contributed by atoms with Crippen LogP contribution in [0.3, 0.4) is 0 Å². The number of hydrogen-bond donors (Lipinski definition) is 2. The van der Waals surface area contributed by atoms with Gasteiger partial charge in [0.15, 0.2) is 0 Å². The quantitative estimate of drug-likeness (QED) is 0.612. The van der Waals surface area contributed by atoms with Crippen molar-refractivity contribution < 1.29 is 5.11 Å². The number of aliphatic hydroxyl groups excluding tert-OH is 1. The van der Waals surface area contributed by atoms with E-state index < -0.39 is 0 Å². The Kier molecular flexibility index (Phi) is 9.69. The third kappa shape index (κ3) is 8.23. The summed E-state index contributed by atoms with van der Waals surface area (Å²) < 4.78 is 0. The maximum Gasteiger partial charge on any atom is 0.0558 e. The molecule has 0 aromatic carbocycles. The molecule has 0 heterocycles. The fourth-order valence-corrected chi connectivity index (χ4v) is 2.50. The topological polar surface area (TPSA) is 35.5 Å². The second-order valence-electron chi connectivity index (χ2n) is 7.16. The third-order valence-corrected chi connectivity index (χ3v) is 4.30. The number of nitrogens with zero attached hydrogens (tertiary/aromatic N) is 1. The molecule has 0 bridgehead atoms. The zero-order chi connectivity index (χ0) is 15.6. The Balaban J connectivity index is 4.67. The molecule has 122 valence electrons. The fraction of sp³-hybridized carbons (Fsp3) is 1.00. The standard InChI is InChI=1S/C17H38N2O/c1-7-10-11-19(12-13-20)15-17(8-2,9-3)14-18-16(4,5)6/h18,20H,7-15H2,1-6H3. The van der Waals surface area contributed by atoms with Crippen molar-refractivity contribution in [3.63, 3.8) is 0 Å². The number of unbranched alkanes of at least 4 members (excludes halogenated alkanes) is 1. The van der Waals surface area contributed by atoms with Crippen LogP contribution in [-0.4, -0.2) is 48.3 Å². The van der Waals surface area contributed by atoms with Gasteiger partial charge in [0.1, 0.15) is 0 Å². The molecular weight excluding hydrogens is 248 g/mol. The molecule has 0 spiro atoms. The molecule has 0 aliphatic carbocycles. The van der Waals surface area contributed by atoms with Crippen LogP contribution in [0.4, 0.5) is 0 Å². The van der Waals surface area contributed by atoms with Crippen LogP contribution in [0.5, 0.6) is 0 Å². The van der Waals surface area contributed by atoms with Crippen LogP contribution in [0.2, 0.25) is 0 Å². The first-order valence-electron chi connectivity index (χ1n) is 8.40. The molecule has 0 saturated heterocycles. The molecule has 0 aliphatic rings. The van der Waals surface area contributed by atoms with Crippen LogP contribution >= 0.6 is 0 Å². The Morgan fingerprint density at radius 3 is 2.00 bits per heavy atom. The SMILES string of the molecule is CCCCN(CCO)CC(CC)(CC)CNC(C)(C)C. The van der Waals surface area contributed by atoms with Crippen LogP contribution in [0.1, 0.15) is 67.2 Å². The van der Waals surface area contributed by atoms with E-state index in [1.54, 1.807) is 0 Å². The minimum absolute atomic E-state index is 0.167. The number of nitrogens with one attached hydrogen (secondary N) is 1. The maximum absolute atomic E-state index is 9.28. The Morgan fingerprint density at radius 2 is 1.60 bits per heavy atom. The molecule has 0 atom stereocenters. The van der Waals surface area contributed by atoms with Crippen LogP contribution in [0, 0.1) is 5.41 Å². The van der Waals surface area contributed by atoms with E-state index in [0.717, 1.165) is 26.2 Å². The van der Waals surface area contributed by atoms with E-state index >= 15 is 0 Å². The molecule has 0 fully saturated rings. The summed E-state index contributed by atoms with van der Waals surface area (Å²) in [7, 11) is 0. The van der Waals surface area contributed by atoms with E-state index in [9.17, 15) is 5.11 Å². The van der Waals surface area contributed by atoms with E-state index in [4.69, 9.17) is 0 Å². The van der Waals surface area contributed by atoms with Gasteiger partial charge < -0.3 is 15.3 Å². The molecule has 0 saturated carbocycles.